The second-order valence-electron chi connectivity index (χ2n) is 4.87. The molecule has 0 aliphatic heterocycles. The van der Waals surface area contributed by atoms with E-state index in [-0.39, 0.29) is 11.4 Å². The third-order valence-corrected chi connectivity index (χ3v) is 3.35. The van der Waals surface area contributed by atoms with Gasteiger partial charge < -0.3 is 9.47 Å². The van der Waals surface area contributed by atoms with Crippen LogP contribution in [0.3, 0.4) is 0 Å². The van der Waals surface area contributed by atoms with Crippen molar-refractivity contribution in [2.75, 3.05) is 18.6 Å². The molecule has 0 saturated heterocycles. The van der Waals surface area contributed by atoms with E-state index in [4.69, 9.17) is 21.1 Å². The van der Waals surface area contributed by atoms with Crippen LogP contribution in [-0.2, 0) is 0 Å². The van der Waals surface area contributed by atoms with E-state index in [1.54, 1.807) is 44.2 Å². The average Bonchev–Trinajstić information content (AvgIpc) is 2.58. The van der Waals surface area contributed by atoms with Gasteiger partial charge in [0.2, 0.25) is 5.75 Å². The van der Waals surface area contributed by atoms with Crippen LogP contribution in [0.4, 0.5) is 11.4 Å². The fourth-order valence-electron chi connectivity index (χ4n) is 2.08. The van der Waals surface area contributed by atoms with Crippen LogP contribution in [0.1, 0.15) is 19.4 Å². The van der Waals surface area contributed by atoms with E-state index in [2.05, 4.69) is 10.5 Å². The number of hydrogen-bond acceptors (Lipinski definition) is 6. The van der Waals surface area contributed by atoms with Gasteiger partial charge in [-0.15, -0.1) is 0 Å². The lowest BCUT2D eigenvalue weighted by atomic mass is 10.2. The number of nitrogens with one attached hydrogen (secondary N) is 1. The molecule has 0 spiro atoms. The quantitative estimate of drug-likeness (QED) is 0.424. The first-order valence-electron chi connectivity index (χ1n) is 7.67. The Bertz CT molecular complexity index is 763. The van der Waals surface area contributed by atoms with Crippen molar-refractivity contribution in [2.45, 2.75) is 13.8 Å². The fourth-order valence-corrected chi connectivity index (χ4v) is 2.20. The lowest BCUT2D eigenvalue weighted by Gasteiger charge is -2.11. The van der Waals surface area contributed by atoms with E-state index in [1.165, 1.54) is 12.3 Å². The summed E-state index contributed by atoms with van der Waals surface area (Å²) in [4.78, 5) is 10.8. The molecule has 0 fully saturated rings. The van der Waals surface area contributed by atoms with Crippen LogP contribution in [0.25, 0.3) is 0 Å². The summed E-state index contributed by atoms with van der Waals surface area (Å²) in [6.45, 7) is 4.21. The Hall–Kier alpha value is -2.80. The number of halogens is 1. The third kappa shape index (κ3) is 5.09. The zero-order valence-electron chi connectivity index (χ0n) is 13.9. The standard InChI is InChI=1S/C17H18ClN3O4/c1-3-24-16-10-12(9-15(21(22)23)17(16)25-4-2)11-19-20-14-7-5-13(18)6-8-14/h5-11,20H,3-4H2,1-2H3/b19-11+. The second-order valence-corrected chi connectivity index (χ2v) is 5.30. The molecular formula is C17H18ClN3O4. The molecule has 0 bridgehead atoms. The first-order chi connectivity index (χ1) is 12.0. The van der Waals surface area contributed by atoms with Gasteiger partial charge in [-0.05, 0) is 44.2 Å². The molecule has 0 aliphatic carbocycles. The van der Waals surface area contributed by atoms with Crippen LogP contribution in [0.2, 0.25) is 5.02 Å². The van der Waals surface area contributed by atoms with E-state index >= 15 is 0 Å². The molecule has 25 heavy (non-hydrogen) atoms. The van der Waals surface area contributed by atoms with Gasteiger partial charge in [0, 0.05) is 16.7 Å². The second kappa shape index (κ2) is 8.89. The van der Waals surface area contributed by atoms with Crippen molar-refractivity contribution in [2.24, 2.45) is 5.10 Å². The largest absolute Gasteiger partial charge is 0.490 e. The summed E-state index contributed by atoms with van der Waals surface area (Å²) >= 11 is 5.82. The van der Waals surface area contributed by atoms with E-state index in [0.717, 1.165) is 5.69 Å². The predicted molar refractivity (Wildman–Crippen MR) is 98.1 cm³/mol. The van der Waals surface area contributed by atoms with Crippen molar-refractivity contribution in [3.63, 3.8) is 0 Å². The summed E-state index contributed by atoms with van der Waals surface area (Å²) in [5, 5.41) is 16.0. The molecule has 0 amide bonds. The van der Waals surface area contributed by atoms with Crippen LogP contribution in [0, 0.1) is 10.1 Å². The first kappa shape index (κ1) is 18.5. The van der Waals surface area contributed by atoms with Gasteiger partial charge in [-0.3, -0.25) is 15.5 Å². The van der Waals surface area contributed by atoms with Crippen LogP contribution in [0.15, 0.2) is 41.5 Å². The zero-order chi connectivity index (χ0) is 18.2. The van der Waals surface area contributed by atoms with Gasteiger partial charge in [0.05, 0.1) is 30.0 Å². The molecule has 0 heterocycles. The van der Waals surface area contributed by atoms with Gasteiger partial charge in [0.25, 0.3) is 0 Å². The van der Waals surface area contributed by atoms with Gasteiger partial charge in [0.1, 0.15) is 0 Å². The molecule has 132 valence electrons. The predicted octanol–water partition coefficient (Wildman–Crippen LogP) is 4.49. The van der Waals surface area contributed by atoms with E-state index in [1.807, 2.05) is 0 Å². The summed E-state index contributed by atoms with van der Waals surface area (Å²) < 4.78 is 10.9. The van der Waals surface area contributed by atoms with Gasteiger partial charge in [-0.25, -0.2) is 0 Å². The lowest BCUT2D eigenvalue weighted by Crippen LogP contribution is -2.03. The molecule has 0 atom stereocenters. The minimum atomic E-state index is -0.503. The molecule has 0 aromatic heterocycles. The first-order valence-corrected chi connectivity index (χ1v) is 8.05. The number of hydrogen-bond donors (Lipinski definition) is 1. The number of nitro groups is 1. The van der Waals surface area contributed by atoms with Crippen LogP contribution in [-0.4, -0.2) is 24.4 Å². The highest BCUT2D eigenvalue weighted by molar-refractivity contribution is 6.30. The molecule has 8 heteroatoms. The Morgan fingerprint density at radius 2 is 1.88 bits per heavy atom. The molecule has 0 radical (unpaired) electrons. The van der Waals surface area contributed by atoms with E-state index < -0.39 is 4.92 Å². The topological polar surface area (TPSA) is 86.0 Å². The number of anilines is 1. The minimum Gasteiger partial charge on any atom is -0.490 e. The SMILES string of the molecule is CCOc1cc(/C=N/Nc2ccc(Cl)cc2)cc([N+](=O)[O-])c1OCC. The van der Waals surface area contributed by atoms with Crippen LogP contribution in [0.5, 0.6) is 11.5 Å². The number of nitrogens with zero attached hydrogens (tertiary/aromatic N) is 2. The zero-order valence-corrected chi connectivity index (χ0v) is 14.6. The highest BCUT2D eigenvalue weighted by Crippen LogP contribution is 2.38. The Labute approximate surface area is 150 Å². The molecule has 2 aromatic carbocycles. The minimum absolute atomic E-state index is 0.122. The van der Waals surface area contributed by atoms with Gasteiger partial charge in [-0.2, -0.15) is 5.10 Å². The van der Waals surface area contributed by atoms with Crippen molar-refractivity contribution in [3.8, 4) is 11.5 Å². The molecule has 0 saturated carbocycles. The average molecular weight is 364 g/mol. The van der Waals surface area contributed by atoms with E-state index in [9.17, 15) is 10.1 Å². The summed E-state index contributed by atoms with van der Waals surface area (Å²) in [6, 6.07) is 10.0. The van der Waals surface area contributed by atoms with Crippen LogP contribution < -0.4 is 14.9 Å². The molecule has 0 unspecified atom stereocenters. The Morgan fingerprint density at radius 1 is 1.20 bits per heavy atom. The molecular weight excluding hydrogens is 346 g/mol. The van der Waals surface area contributed by atoms with Crippen molar-refractivity contribution in [1.29, 1.82) is 0 Å². The molecule has 7 nitrogen and oxygen atoms in total. The molecule has 2 rings (SSSR count). The van der Waals surface area contributed by atoms with E-state index in [0.29, 0.717) is 29.5 Å². The Kier molecular flexibility index (Phi) is 6.59. The maximum atomic E-state index is 11.3. The summed E-state index contributed by atoms with van der Waals surface area (Å²) in [6.07, 6.45) is 1.47. The third-order valence-electron chi connectivity index (χ3n) is 3.09. The molecule has 0 aliphatic rings. The maximum Gasteiger partial charge on any atom is 0.315 e. The van der Waals surface area contributed by atoms with Gasteiger partial charge in [-0.1, -0.05) is 11.6 Å². The monoisotopic (exact) mass is 363 g/mol. The van der Waals surface area contributed by atoms with Crippen LogP contribution >= 0.6 is 11.6 Å². The van der Waals surface area contributed by atoms with Crippen molar-refractivity contribution in [1.82, 2.24) is 0 Å². The smallest absolute Gasteiger partial charge is 0.315 e. The summed E-state index contributed by atoms with van der Waals surface area (Å²) in [7, 11) is 0. The summed E-state index contributed by atoms with van der Waals surface area (Å²) in [5.41, 5.74) is 3.92. The maximum absolute atomic E-state index is 11.3. The highest BCUT2D eigenvalue weighted by Gasteiger charge is 2.22. The fraction of sp³-hybridized carbons (Fsp3) is 0.235. The van der Waals surface area contributed by atoms with Crippen molar-refractivity contribution < 1.29 is 14.4 Å². The van der Waals surface area contributed by atoms with Gasteiger partial charge >= 0.3 is 5.69 Å². The summed E-state index contributed by atoms with van der Waals surface area (Å²) in [5.74, 6) is 0.434. The Balaban J connectivity index is 2.28. The van der Waals surface area contributed by atoms with Crippen molar-refractivity contribution >= 4 is 29.2 Å². The number of hydrazone groups is 1. The van der Waals surface area contributed by atoms with Gasteiger partial charge in [0.15, 0.2) is 5.75 Å². The number of rotatable bonds is 8. The number of nitro benzene ring substituents is 1. The number of ether oxygens (including phenoxy) is 2. The highest BCUT2D eigenvalue weighted by atomic mass is 35.5. The number of benzene rings is 2. The normalized spacial score (nSPS) is 10.7. The van der Waals surface area contributed by atoms with Crippen molar-refractivity contribution in [3.05, 3.63) is 57.1 Å². The molecule has 2 aromatic rings. The Morgan fingerprint density at radius 3 is 2.48 bits per heavy atom. The molecule has 1 N–H and O–H groups in total. The lowest BCUT2D eigenvalue weighted by molar-refractivity contribution is -0.385.